The van der Waals surface area contributed by atoms with Crippen molar-refractivity contribution in [3.05, 3.63) is 66.0 Å². The van der Waals surface area contributed by atoms with E-state index in [-0.39, 0.29) is 5.91 Å². The highest BCUT2D eigenvalue weighted by Crippen LogP contribution is 2.18. The van der Waals surface area contributed by atoms with E-state index in [1.54, 1.807) is 16.8 Å². The molecule has 2 aromatic carbocycles. The molecule has 0 saturated carbocycles. The van der Waals surface area contributed by atoms with Crippen molar-refractivity contribution in [3.63, 3.8) is 0 Å². The van der Waals surface area contributed by atoms with Gasteiger partial charge in [-0.25, -0.2) is 4.68 Å². The molecule has 0 aliphatic rings. The summed E-state index contributed by atoms with van der Waals surface area (Å²) in [6, 6.07) is 16.9. The molecule has 1 amide bonds. The number of carbonyl (C=O) groups is 1. The van der Waals surface area contributed by atoms with Crippen molar-refractivity contribution in [1.29, 1.82) is 0 Å². The molecular formula is C19H20N4O2. The summed E-state index contributed by atoms with van der Waals surface area (Å²) in [4.78, 5) is 12.6. The van der Waals surface area contributed by atoms with Crippen LogP contribution in [0, 0.1) is 0 Å². The van der Waals surface area contributed by atoms with E-state index in [2.05, 4.69) is 15.6 Å². The lowest BCUT2D eigenvalue weighted by molar-refractivity contribution is 0.102. The molecule has 6 nitrogen and oxygen atoms in total. The summed E-state index contributed by atoms with van der Waals surface area (Å²) in [6.07, 6.45) is 0.647. The van der Waals surface area contributed by atoms with Crippen molar-refractivity contribution >= 4 is 11.6 Å². The number of benzene rings is 2. The van der Waals surface area contributed by atoms with E-state index in [9.17, 15) is 4.79 Å². The molecule has 128 valence electrons. The quantitative estimate of drug-likeness (QED) is 0.748. The number of carbonyl (C=O) groups excluding carboxylic acids is 1. The molecule has 0 radical (unpaired) electrons. The van der Waals surface area contributed by atoms with Crippen LogP contribution in [0.15, 0.2) is 54.6 Å². The smallest absolute Gasteiger partial charge is 0.278 e. The monoisotopic (exact) mass is 336 g/mol. The van der Waals surface area contributed by atoms with Crippen LogP contribution in [0.2, 0.25) is 0 Å². The summed E-state index contributed by atoms with van der Waals surface area (Å²) >= 11 is 0. The Bertz CT molecular complexity index is 842. The van der Waals surface area contributed by atoms with Gasteiger partial charge < -0.3 is 10.1 Å². The molecular weight excluding hydrogens is 316 g/mol. The number of rotatable bonds is 6. The summed E-state index contributed by atoms with van der Waals surface area (Å²) < 4.78 is 7.10. The second kappa shape index (κ2) is 7.61. The van der Waals surface area contributed by atoms with Gasteiger partial charge in [-0.2, -0.15) is 0 Å². The maximum absolute atomic E-state index is 12.6. The van der Waals surface area contributed by atoms with Crippen LogP contribution in [0.1, 0.15) is 30.0 Å². The summed E-state index contributed by atoms with van der Waals surface area (Å²) in [5.41, 5.74) is 2.67. The third kappa shape index (κ3) is 3.68. The molecule has 1 heterocycles. The number of ether oxygens (including phenoxy) is 1. The van der Waals surface area contributed by atoms with E-state index in [0.29, 0.717) is 24.4 Å². The van der Waals surface area contributed by atoms with E-state index in [4.69, 9.17) is 4.74 Å². The topological polar surface area (TPSA) is 69.0 Å². The molecule has 0 aliphatic carbocycles. The molecule has 0 bridgehead atoms. The highest BCUT2D eigenvalue weighted by Gasteiger charge is 2.19. The number of nitrogens with zero attached hydrogens (tertiary/aromatic N) is 3. The van der Waals surface area contributed by atoms with Crippen molar-refractivity contribution in [3.8, 4) is 11.4 Å². The van der Waals surface area contributed by atoms with Crippen molar-refractivity contribution in [1.82, 2.24) is 15.0 Å². The van der Waals surface area contributed by atoms with Gasteiger partial charge in [-0.15, -0.1) is 5.10 Å². The molecule has 1 N–H and O–H groups in total. The van der Waals surface area contributed by atoms with Crippen molar-refractivity contribution in [2.75, 3.05) is 11.9 Å². The molecule has 0 fully saturated rings. The van der Waals surface area contributed by atoms with Gasteiger partial charge in [-0.1, -0.05) is 30.3 Å². The maximum atomic E-state index is 12.6. The Morgan fingerprint density at radius 3 is 2.44 bits per heavy atom. The van der Waals surface area contributed by atoms with E-state index in [0.717, 1.165) is 17.1 Å². The molecule has 6 heteroatoms. The number of para-hydroxylation sites is 1. The zero-order valence-corrected chi connectivity index (χ0v) is 14.3. The molecule has 3 rings (SSSR count). The highest BCUT2D eigenvalue weighted by molar-refractivity contribution is 6.03. The molecule has 3 aromatic rings. The first-order chi connectivity index (χ1) is 12.2. The van der Waals surface area contributed by atoms with Crippen LogP contribution in [-0.2, 0) is 6.42 Å². The SMILES string of the molecule is CCOc1ccc(NC(=O)c2nnn(-c3ccccc3)c2CC)cc1. The zero-order chi connectivity index (χ0) is 17.6. The molecule has 0 spiro atoms. The second-order valence-corrected chi connectivity index (χ2v) is 5.40. The number of hydrogen-bond donors (Lipinski definition) is 1. The lowest BCUT2D eigenvalue weighted by Crippen LogP contribution is -2.15. The third-order valence-electron chi connectivity index (χ3n) is 3.74. The van der Waals surface area contributed by atoms with Crippen LogP contribution in [0.25, 0.3) is 5.69 Å². The van der Waals surface area contributed by atoms with Gasteiger partial charge in [-0.3, -0.25) is 4.79 Å². The lowest BCUT2D eigenvalue weighted by Gasteiger charge is -2.08. The summed E-state index contributed by atoms with van der Waals surface area (Å²) in [5, 5.41) is 11.1. The molecule has 0 atom stereocenters. The van der Waals surface area contributed by atoms with Crippen LogP contribution >= 0.6 is 0 Å². The zero-order valence-electron chi connectivity index (χ0n) is 14.3. The fourth-order valence-electron chi connectivity index (χ4n) is 2.56. The first-order valence-electron chi connectivity index (χ1n) is 8.27. The van der Waals surface area contributed by atoms with Gasteiger partial charge in [0.15, 0.2) is 5.69 Å². The molecule has 1 aromatic heterocycles. The largest absolute Gasteiger partial charge is 0.494 e. The Morgan fingerprint density at radius 2 is 1.80 bits per heavy atom. The Morgan fingerprint density at radius 1 is 1.08 bits per heavy atom. The molecule has 25 heavy (non-hydrogen) atoms. The number of amides is 1. The average molecular weight is 336 g/mol. The van der Waals surface area contributed by atoms with Crippen LogP contribution in [0.4, 0.5) is 5.69 Å². The fourth-order valence-corrected chi connectivity index (χ4v) is 2.56. The van der Waals surface area contributed by atoms with Gasteiger partial charge in [0.25, 0.3) is 5.91 Å². The Balaban J connectivity index is 1.81. The van der Waals surface area contributed by atoms with Crippen LogP contribution in [0.3, 0.4) is 0 Å². The van der Waals surface area contributed by atoms with Crippen LogP contribution in [0.5, 0.6) is 5.75 Å². The number of nitrogens with one attached hydrogen (secondary N) is 1. The number of anilines is 1. The predicted octanol–water partition coefficient (Wildman–Crippen LogP) is 3.48. The van der Waals surface area contributed by atoms with Crippen molar-refractivity contribution < 1.29 is 9.53 Å². The van der Waals surface area contributed by atoms with Gasteiger partial charge in [0.05, 0.1) is 18.0 Å². The number of aromatic nitrogens is 3. The Hall–Kier alpha value is -3.15. The predicted molar refractivity (Wildman–Crippen MR) is 96.3 cm³/mol. The first-order valence-corrected chi connectivity index (χ1v) is 8.27. The average Bonchev–Trinajstić information content (AvgIpc) is 3.08. The van der Waals surface area contributed by atoms with Gasteiger partial charge in [0.1, 0.15) is 5.75 Å². The maximum Gasteiger partial charge on any atom is 0.278 e. The Labute approximate surface area is 146 Å². The summed E-state index contributed by atoms with van der Waals surface area (Å²) in [7, 11) is 0. The van der Waals surface area contributed by atoms with Gasteiger partial charge in [0, 0.05) is 5.69 Å². The van der Waals surface area contributed by atoms with Crippen LogP contribution < -0.4 is 10.1 Å². The third-order valence-corrected chi connectivity index (χ3v) is 3.74. The minimum atomic E-state index is -0.275. The van der Waals surface area contributed by atoms with E-state index in [1.165, 1.54) is 0 Å². The summed E-state index contributed by atoms with van der Waals surface area (Å²) in [5.74, 6) is 0.493. The second-order valence-electron chi connectivity index (χ2n) is 5.40. The van der Waals surface area contributed by atoms with Gasteiger partial charge >= 0.3 is 0 Å². The highest BCUT2D eigenvalue weighted by atomic mass is 16.5. The van der Waals surface area contributed by atoms with E-state index in [1.807, 2.05) is 56.3 Å². The Kier molecular flexibility index (Phi) is 5.09. The summed E-state index contributed by atoms with van der Waals surface area (Å²) in [6.45, 7) is 4.51. The van der Waals surface area contributed by atoms with Gasteiger partial charge in [-0.05, 0) is 49.7 Å². The van der Waals surface area contributed by atoms with Crippen LogP contribution in [-0.4, -0.2) is 27.5 Å². The van der Waals surface area contributed by atoms with Gasteiger partial charge in [0.2, 0.25) is 0 Å². The van der Waals surface area contributed by atoms with E-state index < -0.39 is 0 Å². The van der Waals surface area contributed by atoms with Crippen molar-refractivity contribution in [2.24, 2.45) is 0 Å². The standard InChI is InChI=1S/C19H20N4O2/c1-3-17-18(21-22-23(17)15-8-6-5-7-9-15)19(24)20-14-10-12-16(13-11-14)25-4-2/h5-13H,3-4H2,1-2H3,(H,20,24). The van der Waals surface area contributed by atoms with E-state index >= 15 is 0 Å². The molecule has 0 aliphatic heterocycles. The number of hydrogen-bond acceptors (Lipinski definition) is 4. The lowest BCUT2D eigenvalue weighted by atomic mass is 10.2. The fraction of sp³-hybridized carbons (Fsp3) is 0.211. The first kappa shape index (κ1) is 16.7. The molecule has 0 unspecified atom stereocenters. The molecule has 0 saturated heterocycles. The normalized spacial score (nSPS) is 10.5. The van der Waals surface area contributed by atoms with Crippen molar-refractivity contribution in [2.45, 2.75) is 20.3 Å². The minimum Gasteiger partial charge on any atom is -0.494 e. The minimum absolute atomic E-state index is 0.275.